The summed E-state index contributed by atoms with van der Waals surface area (Å²) in [6.07, 6.45) is 0.727. The second kappa shape index (κ2) is 5.50. The van der Waals surface area contributed by atoms with Crippen molar-refractivity contribution in [3.8, 4) is 0 Å². The summed E-state index contributed by atoms with van der Waals surface area (Å²) >= 11 is 0. The van der Waals surface area contributed by atoms with Crippen LogP contribution in [0.1, 0.15) is 48.0 Å². The average Bonchev–Trinajstić information content (AvgIpc) is 1.97. The molecule has 0 amide bonds. The van der Waals surface area contributed by atoms with E-state index < -0.39 is 9.84 Å². The van der Waals surface area contributed by atoms with Gasteiger partial charge in [0.2, 0.25) is 0 Å². The fourth-order valence-corrected chi connectivity index (χ4v) is 2.69. The monoisotopic (exact) mass is 249 g/mol. The van der Waals surface area contributed by atoms with Crippen LogP contribution in [-0.4, -0.2) is 32.0 Å². The molecule has 0 rings (SSSR count). The maximum Gasteiger partial charge on any atom is 0.151 e. The van der Waals surface area contributed by atoms with E-state index in [4.69, 9.17) is 0 Å². The third-order valence-corrected chi connectivity index (χ3v) is 3.88. The lowest BCUT2D eigenvalue weighted by Gasteiger charge is -2.21. The molecular weight excluding hydrogens is 222 g/mol. The quantitative estimate of drug-likeness (QED) is 0.812. The average molecular weight is 249 g/mol. The van der Waals surface area contributed by atoms with E-state index in [1.807, 2.05) is 20.8 Å². The topological polar surface area (TPSA) is 46.2 Å². The fourth-order valence-electron chi connectivity index (χ4n) is 1.15. The smallest absolute Gasteiger partial charge is 0.151 e. The van der Waals surface area contributed by atoms with Crippen LogP contribution in [-0.2, 0) is 9.84 Å². The second-order valence-corrected chi connectivity index (χ2v) is 8.94. The highest BCUT2D eigenvalue weighted by Crippen LogP contribution is 2.19. The zero-order valence-electron chi connectivity index (χ0n) is 11.6. The molecule has 0 saturated carbocycles. The number of hydrogen-bond donors (Lipinski definition) is 1. The molecule has 0 bridgehead atoms. The summed E-state index contributed by atoms with van der Waals surface area (Å²) in [5.74, 6) is 0.530. The molecule has 98 valence electrons. The van der Waals surface area contributed by atoms with Gasteiger partial charge < -0.3 is 5.32 Å². The van der Waals surface area contributed by atoms with Gasteiger partial charge in [-0.25, -0.2) is 8.42 Å². The lowest BCUT2D eigenvalue weighted by molar-refractivity contribution is 0.396. The van der Waals surface area contributed by atoms with Crippen LogP contribution in [0.3, 0.4) is 0 Å². The van der Waals surface area contributed by atoms with Gasteiger partial charge in [-0.05, 0) is 32.6 Å². The Kier molecular flexibility index (Phi) is 5.47. The van der Waals surface area contributed by atoms with E-state index >= 15 is 0 Å². The Bertz CT molecular complexity index is 294. The summed E-state index contributed by atoms with van der Waals surface area (Å²) in [6.45, 7) is 12.8. The van der Waals surface area contributed by atoms with E-state index in [2.05, 4.69) is 26.1 Å². The van der Waals surface area contributed by atoms with Crippen molar-refractivity contribution < 1.29 is 8.42 Å². The van der Waals surface area contributed by atoms with Gasteiger partial charge in [-0.3, -0.25) is 0 Å². The van der Waals surface area contributed by atoms with Crippen LogP contribution in [0.2, 0.25) is 0 Å². The van der Waals surface area contributed by atoms with Crippen LogP contribution in [0, 0.1) is 5.41 Å². The van der Waals surface area contributed by atoms with Crippen LogP contribution < -0.4 is 5.32 Å². The molecule has 4 heteroatoms. The van der Waals surface area contributed by atoms with Gasteiger partial charge in [0.15, 0.2) is 9.84 Å². The van der Waals surface area contributed by atoms with Gasteiger partial charge in [-0.2, -0.15) is 0 Å². The molecule has 3 nitrogen and oxygen atoms in total. The molecule has 0 spiro atoms. The Balaban J connectivity index is 3.99. The highest BCUT2D eigenvalue weighted by molar-refractivity contribution is 7.91. The van der Waals surface area contributed by atoms with Gasteiger partial charge >= 0.3 is 0 Å². The summed E-state index contributed by atoms with van der Waals surface area (Å²) in [7, 11) is -2.90. The van der Waals surface area contributed by atoms with Gasteiger partial charge in [0.1, 0.15) is 0 Å². The number of hydrogen-bond acceptors (Lipinski definition) is 3. The second-order valence-electron chi connectivity index (χ2n) is 6.64. The maximum absolute atomic E-state index is 11.7. The zero-order valence-corrected chi connectivity index (χ0v) is 12.4. The lowest BCUT2D eigenvalue weighted by atomic mass is 9.94. The molecule has 0 fully saturated rings. The molecule has 16 heavy (non-hydrogen) atoms. The number of nitrogens with one attached hydrogen (secondary N) is 1. The van der Waals surface area contributed by atoms with Crippen LogP contribution >= 0.6 is 0 Å². The zero-order chi connectivity index (χ0) is 13.0. The standard InChI is InChI=1S/C12H27NO2S/c1-11(2,3)7-9-16(14,15)10-8-13-12(4,5)6/h13H,7-10H2,1-6H3. The molecule has 0 heterocycles. The molecule has 0 aliphatic heterocycles. The Morgan fingerprint density at radius 2 is 1.44 bits per heavy atom. The van der Waals surface area contributed by atoms with Crippen molar-refractivity contribution in [2.45, 2.75) is 53.5 Å². The minimum Gasteiger partial charge on any atom is -0.311 e. The SMILES string of the molecule is CC(C)(C)CCS(=O)(=O)CCNC(C)(C)C. The van der Waals surface area contributed by atoms with Crippen LogP contribution in [0.4, 0.5) is 0 Å². The predicted octanol–water partition coefficient (Wildman–Crippen LogP) is 2.23. The summed E-state index contributed by atoms with van der Waals surface area (Å²) in [5, 5.41) is 3.20. The summed E-state index contributed by atoms with van der Waals surface area (Å²) in [5.41, 5.74) is 0.0735. The molecule has 0 saturated heterocycles. The third kappa shape index (κ3) is 10.4. The molecule has 0 aliphatic rings. The Labute approximate surface area is 101 Å². The summed E-state index contributed by atoms with van der Waals surface area (Å²) in [4.78, 5) is 0. The van der Waals surface area contributed by atoms with E-state index in [-0.39, 0.29) is 16.7 Å². The first-order valence-corrected chi connectivity index (χ1v) is 7.69. The largest absolute Gasteiger partial charge is 0.311 e. The van der Waals surface area contributed by atoms with E-state index in [0.29, 0.717) is 12.3 Å². The van der Waals surface area contributed by atoms with E-state index in [1.165, 1.54) is 0 Å². The molecule has 0 aromatic heterocycles. The van der Waals surface area contributed by atoms with Gasteiger partial charge in [0.05, 0.1) is 11.5 Å². The van der Waals surface area contributed by atoms with Crippen molar-refractivity contribution in [2.24, 2.45) is 5.41 Å². The van der Waals surface area contributed by atoms with Gasteiger partial charge in [0, 0.05) is 12.1 Å². The van der Waals surface area contributed by atoms with Crippen molar-refractivity contribution in [1.29, 1.82) is 0 Å². The third-order valence-electron chi connectivity index (χ3n) is 2.23. The minimum absolute atomic E-state index is 0.0143. The van der Waals surface area contributed by atoms with Crippen molar-refractivity contribution >= 4 is 9.84 Å². The Hall–Kier alpha value is -0.0900. The van der Waals surface area contributed by atoms with E-state index in [1.54, 1.807) is 0 Å². The number of sulfone groups is 1. The molecule has 0 aromatic carbocycles. The molecule has 0 unspecified atom stereocenters. The fraction of sp³-hybridized carbons (Fsp3) is 1.00. The van der Waals surface area contributed by atoms with Crippen LogP contribution in [0.15, 0.2) is 0 Å². The maximum atomic E-state index is 11.7. The van der Waals surface area contributed by atoms with Gasteiger partial charge in [-0.1, -0.05) is 20.8 Å². The molecule has 0 radical (unpaired) electrons. The molecule has 1 N–H and O–H groups in total. The molecule has 0 aliphatic carbocycles. The first kappa shape index (κ1) is 15.9. The van der Waals surface area contributed by atoms with Crippen molar-refractivity contribution in [2.75, 3.05) is 18.1 Å². The molecular formula is C12H27NO2S. The Morgan fingerprint density at radius 3 is 1.81 bits per heavy atom. The highest BCUT2D eigenvalue weighted by Gasteiger charge is 2.18. The first-order chi connectivity index (χ1) is 6.91. The predicted molar refractivity (Wildman–Crippen MR) is 70.5 cm³/mol. The van der Waals surface area contributed by atoms with Gasteiger partial charge in [0.25, 0.3) is 0 Å². The number of rotatable bonds is 5. The normalized spacial score (nSPS) is 14.1. The van der Waals surface area contributed by atoms with Crippen molar-refractivity contribution in [3.63, 3.8) is 0 Å². The first-order valence-electron chi connectivity index (χ1n) is 5.87. The highest BCUT2D eigenvalue weighted by atomic mass is 32.2. The summed E-state index contributed by atoms with van der Waals surface area (Å²) in [6, 6.07) is 0. The van der Waals surface area contributed by atoms with Crippen molar-refractivity contribution in [1.82, 2.24) is 5.32 Å². The van der Waals surface area contributed by atoms with Gasteiger partial charge in [-0.15, -0.1) is 0 Å². The van der Waals surface area contributed by atoms with Crippen molar-refractivity contribution in [3.05, 3.63) is 0 Å². The summed E-state index contributed by atoms with van der Waals surface area (Å²) < 4.78 is 23.4. The molecule has 0 aromatic rings. The van der Waals surface area contributed by atoms with Crippen LogP contribution in [0.25, 0.3) is 0 Å². The minimum atomic E-state index is -2.90. The Morgan fingerprint density at radius 1 is 0.938 bits per heavy atom. The molecule has 0 atom stereocenters. The van der Waals surface area contributed by atoms with E-state index in [9.17, 15) is 8.42 Å². The van der Waals surface area contributed by atoms with E-state index in [0.717, 1.165) is 6.42 Å². The lowest BCUT2D eigenvalue weighted by Crippen LogP contribution is -2.39. The van der Waals surface area contributed by atoms with Crippen LogP contribution in [0.5, 0.6) is 0 Å².